The van der Waals surface area contributed by atoms with Gasteiger partial charge in [-0.15, -0.1) is 0 Å². The lowest BCUT2D eigenvalue weighted by atomic mass is 10.1. The van der Waals surface area contributed by atoms with E-state index in [1.54, 1.807) is 24.4 Å². The van der Waals surface area contributed by atoms with Gasteiger partial charge in [0, 0.05) is 30.7 Å². The Morgan fingerprint density at radius 2 is 2.04 bits per heavy atom. The first kappa shape index (κ1) is 16.7. The maximum absolute atomic E-state index is 12.2. The van der Waals surface area contributed by atoms with Crippen LogP contribution in [0.2, 0.25) is 10.2 Å². The minimum absolute atomic E-state index is 0.0839. The molecule has 3 aromatic rings. The van der Waals surface area contributed by atoms with Gasteiger partial charge in [-0.25, -0.2) is 4.98 Å². The Kier molecular flexibility index (Phi) is 4.97. The molecule has 0 N–H and O–H groups in total. The van der Waals surface area contributed by atoms with Gasteiger partial charge in [-0.05, 0) is 30.7 Å². The van der Waals surface area contributed by atoms with E-state index in [0.717, 1.165) is 11.1 Å². The Morgan fingerprint density at radius 3 is 2.79 bits per heavy atom. The van der Waals surface area contributed by atoms with Crippen LogP contribution in [-0.2, 0) is 6.42 Å². The first-order chi connectivity index (χ1) is 11.5. The summed E-state index contributed by atoms with van der Waals surface area (Å²) in [5, 5.41) is 4.87. The first-order valence-electron chi connectivity index (χ1n) is 7.40. The molecule has 24 heavy (non-hydrogen) atoms. The molecule has 1 aromatic carbocycles. The van der Waals surface area contributed by atoms with Crippen molar-refractivity contribution in [3.8, 4) is 11.3 Å². The van der Waals surface area contributed by atoms with Crippen molar-refractivity contribution < 1.29 is 9.32 Å². The van der Waals surface area contributed by atoms with Crippen LogP contribution in [0.25, 0.3) is 11.3 Å². The maximum atomic E-state index is 12.2. The topological polar surface area (TPSA) is 56.0 Å². The largest absolute Gasteiger partial charge is 0.361 e. The van der Waals surface area contributed by atoms with Gasteiger partial charge >= 0.3 is 0 Å². The van der Waals surface area contributed by atoms with Gasteiger partial charge in [0.1, 0.15) is 16.6 Å². The van der Waals surface area contributed by atoms with E-state index in [1.807, 2.05) is 25.1 Å². The minimum Gasteiger partial charge on any atom is -0.361 e. The SMILES string of the molecule is Cc1ccc(-c2cc(CCC(=O)c3cccnc3Cl)on2)c(Cl)c1. The number of halogens is 2. The highest BCUT2D eigenvalue weighted by molar-refractivity contribution is 6.33. The number of pyridine rings is 1. The first-order valence-corrected chi connectivity index (χ1v) is 8.16. The molecule has 0 bridgehead atoms. The van der Waals surface area contributed by atoms with Gasteiger partial charge < -0.3 is 4.52 Å². The zero-order valence-corrected chi connectivity index (χ0v) is 14.4. The van der Waals surface area contributed by atoms with E-state index in [9.17, 15) is 4.79 Å². The summed E-state index contributed by atoms with van der Waals surface area (Å²) in [5.74, 6) is 0.537. The third kappa shape index (κ3) is 3.66. The number of aryl methyl sites for hydroxylation is 2. The van der Waals surface area contributed by atoms with Gasteiger partial charge in [0.25, 0.3) is 0 Å². The molecule has 2 heterocycles. The maximum Gasteiger partial charge on any atom is 0.166 e. The predicted octanol–water partition coefficient (Wildman–Crippen LogP) is 5.17. The number of ketones is 1. The van der Waals surface area contributed by atoms with Crippen molar-refractivity contribution in [3.63, 3.8) is 0 Å². The molecule has 4 nitrogen and oxygen atoms in total. The highest BCUT2D eigenvalue weighted by Crippen LogP contribution is 2.28. The van der Waals surface area contributed by atoms with Crippen LogP contribution in [0, 0.1) is 6.92 Å². The summed E-state index contributed by atoms with van der Waals surface area (Å²) in [6.07, 6.45) is 2.25. The zero-order valence-electron chi connectivity index (χ0n) is 12.9. The summed E-state index contributed by atoms with van der Waals surface area (Å²) in [6, 6.07) is 10.9. The number of hydrogen-bond donors (Lipinski definition) is 0. The van der Waals surface area contributed by atoms with E-state index in [4.69, 9.17) is 27.7 Å². The Bertz CT molecular complexity index is 890. The smallest absolute Gasteiger partial charge is 0.166 e. The molecule has 0 unspecified atom stereocenters. The summed E-state index contributed by atoms with van der Waals surface area (Å²) in [7, 11) is 0. The Labute approximate surface area is 149 Å². The van der Waals surface area contributed by atoms with Crippen molar-refractivity contribution in [2.24, 2.45) is 0 Å². The number of carbonyl (C=O) groups excluding carboxylic acids is 1. The lowest BCUT2D eigenvalue weighted by Gasteiger charge is -2.01. The van der Waals surface area contributed by atoms with Crippen LogP contribution in [-0.4, -0.2) is 15.9 Å². The van der Waals surface area contributed by atoms with Gasteiger partial charge in [0.15, 0.2) is 5.78 Å². The molecule has 0 aliphatic carbocycles. The Balaban J connectivity index is 1.70. The van der Waals surface area contributed by atoms with E-state index in [0.29, 0.717) is 28.5 Å². The number of aromatic nitrogens is 2. The average Bonchev–Trinajstić information content (AvgIpc) is 3.01. The van der Waals surface area contributed by atoms with Gasteiger partial charge in [-0.2, -0.15) is 0 Å². The third-order valence-corrected chi connectivity index (χ3v) is 4.23. The molecule has 0 spiro atoms. The number of Topliss-reactive ketones (excluding diaryl/α,β-unsaturated/α-hetero) is 1. The van der Waals surface area contributed by atoms with Gasteiger partial charge in [-0.3, -0.25) is 4.79 Å². The van der Waals surface area contributed by atoms with Crippen LogP contribution in [0.15, 0.2) is 47.1 Å². The molecule has 0 saturated carbocycles. The van der Waals surface area contributed by atoms with Crippen LogP contribution in [0.5, 0.6) is 0 Å². The Hall–Kier alpha value is -2.17. The Morgan fingerprint density at radius 1 is 1.21 bits per heavy atom. The fraction of sp³-hybridized carbons (Fsp3) is 0.167. The van der Waals surface area contributed by atoms with E-state index in [-0.39, 0.29) is 17.4 Å². The van der Waals surface area contributed by atoms with Gasteiger partial charge in [0.2, 0.25) is 0 Å². The molecule has 0 aliphatic heterocycles. The van der Waals surface area contributed by atoms with Crippen LogP contribution in [0.3, 0.4) is 0 Å². The van der Waals surface area contributed by atoms with Crippen molar-refractivity contribution in [1.82, 2.24) is 10.1 Å². The highest BCUT2D eigenvalue weighted by Gasteiger charge is 2.14. The van der Waals surface area contributed by atoms with Crippen LogP contribution < -0.4 is 0 Å². The molecule has 6 heteroatoms. The molecule has 0 saturated heterocycles. The second kappa shape index (κ2) is 7.16. The average molecular weight is 361 g/mol. The summed E-state index contributed by atoms with van der Waals surface area (Å²) < 4.78 is 5.31. The number of nitrogens with zero attached hydrogens (tertiary/aromatic N) is 2. The molecule has 0 fully saturated rings. The van der Waals surface area contributed by atoms with Crippen molar-refractivity contribution in [2.75, 3.05) is 0 Å². The second-order valence-electron chi connectivity index (χ2n) is 5.43. The molecule has 2 aromatic heterocycles. The van der Waals surface area contributed by atoms with Crippen molar-refractivity contribution in [1.29, 1.82) is 0 Å². The molecular formula is C18H14Cl2N2O2. The van der Waals surface area contributed by atoms with E-state index in [1.165, 1.54) is 0 Å². The van der Waals surface area contributed by atoms with Crippen LogP contribution >= 0.6 is 23.2 Å². The molecule has 0 amide bonds. The number of carbonyl (C=O) groups is 1. The van der Waals surface area contributed by atoms with E-state index >= 15 is 0 Å². The van der Waals surface area contributed by atoms with Gasteiger partial charge in [0.05, 0.1) is 10.6 Å². The lowest BCUT2D eigenvalue weighted by Crippen LogP contribution is -2.02. The van der Waals surface area contributed by atoms with Crippen molar-refractivity contribution in [2.45, 2.75) is 19.8 Å². The van der Waals surface area contributed by atoms with Gasteiger partial charge in [-0.1, -0.05) is 40.5 Å². The second-order valence-corrected chi connectivity index (χ2v) is 6.19. The fourth-order valence-electron chi connectivity index (χ4n) is 2.35. The predicted molar refractivity (Wildman–Crippen MR) is 93.6 cm³/mol. The number of rotatable bonds is 5. The zero-order chi connectivity index (χ0) is 17.1. The standard InChI is InChI=1S/C18H14Cl2N2O2/c1-11-4-6-13(15(19)9-11)16-10-12(24-22-16)5-7-17(23)14-3-2-8-21-18(14)20/h2-4,6,8-10H,5,7H2,1H3. The third-order valence-electron chi connectivity index (χ3n) is 3.62. The molecule has 122 valence electrons. The summed E-state index contributed by atoms with van der Waals surface area (Å²) in [4.78, 5) is 16.1. The fourth-order valence-corrected chi connectivity index (χ4v) is 2.91. The number of hydrogen-bond acceptors (Lipinski definition) is 4. The monoisotopic (exact) mass is 360 g/mol. The highest BCUT2D eigenvalue weighted by atomic mass is 35.5. The van der Waals surface area contributed by atoms with Crippen molar-refractivity contribution >= 4 is 29.0 Å². The quantitative estimate of drug-likeness (QED) is 0.465. The molecule has 0 atom stereocenters. The molecule has 0 aliphatic rings. The van der Waals surface area contributed by atoms with Crippen LogP contribution in [0.4, 0.5) is 0 Å². The minimum atomic E-state index is -0.0839. The lowest BCUT2D eigenvalue weighted by molar-refractivity contribution is 0.0980. The molecular weight excluding hydrogens is 347 g/mol. The summed E-state index contributed by atoms with van der Waals surface area (Å²) in [6.45, 7) is 1.97. The molecule has 3 rings (SSSR count). The summed E-state index contributed by atoms with van der Waals surface area (Å²) >= 11 is 12.2. The normalized spacial score (nSPS) is 10.8. The van der Waals surface area contributed by atoms with Crippen LogP contribution in [0.1, 0.15) is 28.1 Å². The number of benzene rings is 1. The van der Waals surface area contributed by atoms with Crippen molar-refractivity contribution in [3.05, 3.63) is 69.7 Å². The molecule has 0 radical (unpaired) electrons. The summed E-state index contributed by atoms with van der Waals surface area (Å²) in [5.41, 5.74) is 2.95. The van der Waals surface area contributed by atoms with E-state index < -0.39 is 0 Å². The van der Waals surface area contributed by atoms with E-state index in [2.05, 4.69) is 10.1 Å².